The number of hydrogen-bond donors (Lipinski definition) is 2. The summed E-state index contributed by atoms with van der Waals surface area (Å²) in [6.07, 6.45) is 3.81. The fourth-order valence-corrected chi connectivity index (χ4v) is 1.68. The summed E-state index contributed by atoms with van der Waals surface area (Å²) in [6, 6.07) is -0.0965. The molecule has 1 rings (SSSR count). The van der Waals surface area contributed by atoms with E-state index in [1.54, 1.807) is 4.90 Å². The summed E-state index contributed by atoms with van der Waals surface area (Å²) in [7, 11) is 0. The molecule has 7 heteroatoms. The molecule has 7 nitrogen and oxygen atoms in total. The molecule has 0 aliphatic heterocycles. The molecule has 0 radical (unpaired) electrons. The molecule has 0 unspecified atom stereocenters. The predicted octanol–water partition coefficient (Wildman–Crippen LogP) is 1.62. The maximum Gasteiger partial charge on any atom is 0.325 e. The molecule has 1 aromatic heterocycles. The van der Waals surface area contributed by atoms with Crippen LogP contribution >= 0.6 is 0 Å². The van der Waals surface area contributed by atoms with E-state index in [0.29, 0.717) is 12.2 Å². The summed E-state index contributed by atoms with van der Waals surface area (Å²) in [5.74, 6) is -0.976. The third kappa shape index (κ3) is 4.61. The number of urea groups is 1. The van der Waals surface area contributed by atoms with E-state index in [0.717, 1.165) is 6.42 Å². The van der Waals surface area contributed by atoms with Gasteiger partial charge < -0.3 is 15.3 Å². The van der Waals surface area contributed by atoms with Crippen molar-refractivity contribution in [3.8, 4) is 0 Å². The van der Waals surface area contributed by atoms with Crippen LogP contribution in [0.3, 0.4) is 0 Å². The summed E-state index contributed by atoms with van der Waals surface area (Å²) < 4.78 is 1.26. The molecule has 106 valence electrons. The lowest BCUT2D eigenvalue weighted by Gasteiger charge is -2.26. The van der Waals surface area contributed by atoms with Gasteiger partial charge in [-0.15, -0.1) is 0 Å². The van der Waals surface area contributed by atoms with Gasteiger partial charge in [-0.2, -0.15) is 5.10 Å². The van der Waals surface area contributed by atoms with Crippen LogP contribution in [0.5, 0.6) is 0 Å². The Bertz CT molecular complexity index is 442. The standard InChI is InChI=1S/C12H20N4O3/c1-4-5-16(9(2)3)12(19)14-10-6-13-15(7-10)8-11(17)18/h6-7,9H,4-5,8H2,1-3H3,(H,14,19)(H,17,18). The minimum absolute atomic E-state index is 0.106. The Balaban J connectivity index is 2.64. The highest BCUT2D eigenvalue weighted by Gasteiger charge is 2.16. The van der Waals surface area contributed by atoms with Crippen molar-refractivity contribution in [2.24, 2.45) is 0 Å². The minimum atomic E-state index is -0.976. The number of aliphatic carboxylic acids is 1. The molecular weight excluding hydrogens is 248 g/mol. The zero-order valence-corrected chi connectivity index (χ0v) is 11.5. The van der Waals surface area contributed by atoms with E-state index in [4.69, 9.17) is 5.11 Å². The topological polar surface area (TPSA) is 87.5 Å². The van der Waals surface area contributed by atoms with Crippen molar-refractivity contribution >= 4 is 17.7 Å². The molecule has 2 N–H and O–H groups in total. The predicted molar refractivity (Wildman–Crippen MR) is 71.0 cm³/mol. The molecule has 0 atom stereocenters. The van der Waals surface area contributed by atoms with E-state index in [2.05, 4.69) is 10.4 Å². The number of nitrogens with one attached hydrogen (secondary N) is 1. The molecule has 1 aromatic rings. The maximum atomic E-state index is 12.0. The number of carboxylic acids is 1. The van der Waals surface area contributed by atoms with E-state index in [-0.39, 0.29) is 18.6 Å². The third-order valence-corrected chi connectivity index (χ3v) is 2.53. The monoisotopic (exact) mass is 268 g/mol. The van der Waals surface area contributed by atoms with Crippen LogP contribution in [-0.4, -0.2) is 44.4 Å². The third-order valence-electron chi connectivity index (χ3n) is 2.53. The number of carbonyl (C=O) groups is 2. The fourth-order valence-electron chi connectivity index (χ4n) is 1.68. The van der Waals surface area contributed by atoms with Crippen LogP contribution in [0.15, 0.2) is 12.4 Å². The molecule has 0 bridgehead atoms. The molecule has 0 aliphatic rings. The summed E-state index contributed by atoms with van der Waals surface area (Å²) in [5, 5.41) is 15.2. The van der Waals surface area contributed by atoms with Crippen LogP contribution in [0.25, 0.3) is 0 Å². The smallest absolute Gasteiger partial charge is 0.325 e. The largest absolute Gasteiger partial charge is 0.480 e. The molecule has 0 spiro atoms. The quantitative estimate of drug-likeness (QED) is 0.820. The lowest BCUT2D eigenvalue weighted by Crippen LogP contribution is -2.40. The molecule has 1 heterocycles. The van der Waals surface area contributed by atoms with Gasteiger partial charge in [0, 0.05) is 18.8 Å². The Morgan fingerprint density at radius 2 is 2.21 bits per heavy atom. The average molecular weight is 268 g/mol. The van der Waals surface area contributed by atoms with Crippen LogP contribution in [-0.2, 0) is 11.3 Å². The van der Waals surface area contributed by atoms with Crippen LogP contribution in [0.4, 0.5) is 10.5 Å². The van der Waals surface area contributed by atoms with E-state index < -0.39 is 5.97 Å². The lowest BCUT2D eigenvalue weighted by atomic mass is 10.3. The second-order valence-corrected chi connectivity index (χ2v) is 4.54. The van der Waals surface area contributed by atoms with Gasteiger partial charge in [0.25, 0.3) is 0 Å². The zero-order valence-electron chi connectivity index (χ0n) is 11.5. The number of carbonyl (C=O) groups excluding carboxylic acids is 1. The van der Waals surface area contributed by atoms with Crippen LogP contribution in [0.2, 0.25) is 0 Å². The molecule has 0 aliphatic carbocycles. The van der Waals surface area contributed by atoms with Gasteiger partial charge in [0.1, 0.15) is 6.54 Å². The van der Waals surface area contributed by atoms with Gasteiger partial charge in [-0.05, 0) is 20.3 Å². The van der Waals surface area contributed by atoms with Crippen LogP contribution in [0, 0.1) is 0 Å². The molecule has 2 amide bonds. The van der Waals surface area contributed by atoms with Gasteiger partial charge in [-0.1, -0.05) is 6.92 Å². The first-order valence-corrected chi connectivity index (χ1v) is 6.26. The first-order valence-electron chi connectivity index (χ1n) is 6.26. The van der Waals surface area contributed by atoms with E-state index in [9.17, 15) is 9.59 Å². The number of anilines is 1. The molecule has 0 saturated heterocycles. The normalized spacial score (nSPS) is 10.5. The van der Waals surface area contributed by atoms with Crippen molar-refractivity contribution in [2.75, 3.05) is 11.9 Å². The SMILES string of the molecule is CCCN(C(=O)Nc1cnn(CC(=O)O)c1)C(C)C. The summed E-state index contributed by atoms with van der Waals surface area (Å²) in [5.41, 5.74) is 0.494. The van der Waals surface area contributed by atoms with E-state index in [1.807, 2.05) is 20.8 Å². The van der Waals surface area contributed by atoms with Gasteiger partial charge in [0.15, 0.2) is 0 Å². The minimum Gasteiger partial charge on any atom is -0.480 e. The first kappa shape index (κ1) is 15.0. The second kappa shape index (κ2) is 6.77. The van der Waals surface area contributed by atoms with E-state index in [1.165, 1.54) is 17.1 Å². The number of amides is 2. The summed E-state index contributed by atoms with van der Waals surface area (Å²) >= 11 is 0. The Labute approximate surface area is 112 Å². The fraction of sp³-hybridized carbons (Fsp3) is 0.583. The van der Waals surface area contributed by atoms with Gasteiger partial charge in [0.05, 0.1) is 11.9 Å². The van der Waals surface area contributed by atoms with Crippen molar-refractivity contribution in [1.29, 1.82) is 0 Å². The second-order valence-electron chi connectivity index (χ2n) is 4.54. The van der Waals surface area contributed by atoms with Crippen molar-refractivity contribution in [2.45, 2.75) is 39.8 Å². The Morgan fingerprint density at radius 1 is 1.53 bits per heavy atom. The zero-order chi connectivity index (χ0) is 14.4. The van der Waals surface area contributed by atoms with Gasteiger partial charge in [-0.3, -0.25) is 9.48 Å². The first-order chi connectivity index (χ1) is 8.93. The average Bonchev–Trinajstić information content (AvgIpc) is 2.71. The lowest BCUT2D eigenvalue weighted by molar-refractivity contribution is -0.137. The van der Waals surface area contributed by atoms with Crippen molar-refractivity contribution < 1.29 is 14.7 Å². The van der Waals surface area contributed by atoms with Crippen molar-refractivity contribution in [3.63, 3.8) is 0 Å². The number of carboxylic acid groups (broad SMARTS) is 1. The van der Waals surface area contributed by atoms with Crippen molar-refractivity contribution in [1.82, 2.24) is 14.7 Å². The molecular formula is C12H20N4O3. The van der Waals surface area contributed by atoms with Crippen LogP contribution < -0.4 is 5.32 Å². The van der Waals surface area contributed by atoms with Gasteiger partial charge in [-0.25, -0.2) is 4.79 Å². The number of aromatic nitrogens is 2. The molecule has 19 heavy (non-hydrogen) atoms. The van der Waals surface area contributed by atoms with Gasteiger partial charge in [0.2, 0.25) is 0 Å². The summed E-state index contributed by atoms with van der Waals surface area (Å²) in [4.78, 5) is 24.3. The molecule has 0 aromatic carbocycles. The van der Waals surface area contributed by atoms with E-state index >= 15 is 0 Å². The highest BCUT2D eigenvalue weighted by molar-refractivity contribution is 5.89. The maximum absolute atomic E-state index is 12.0. The highest BCUT2D eigenvalue weighted by Crippen LogP contribution is 2.08. The molecule has 0 fully saturated rings. The number of hydrogen-bond acceptors (Lipinski definition) is 3. The van der Waals surface area contributed by atoms with Crippen LogP contribution in [0.1, 0.15) is 27.2 Å². The van der Waals surface area contributed by atoms with Gasteiger partial charge >= 0.3 is 12.0 Å². The number of rotatable bonds is 6. The summed E-state index contributed by atoms with van der Waals surface area (Å²) in [6.45, 7) is 6.35. The highest BCUT2D eigenvalue weighted by atomic mass is 16.4. The molecule has 0 saturated carbocycles. The Kier molecular flexibility index (Phi) is 5.35. The Hall–Kier alpha value is -2.05. The Morgan fingerprint density at radius 3 is 2.74 bits per heavy atom. The van der Waals surface area contributed by atoms with Crippen molar-refractivity contribution in [3.05, 3.63) is 12.4 Å². The number of nitrogens with zero attached hydrogens (tertiary/aromatic N) is 3.